The van der Waals surface area contributed by atoms with E-state index in [0.29, 0.717) is 6.61 Å². The van der Waals surface area contributed by atoms with Crippen LogP contribution in [0.3, 0.4) is 0 Å². The van der Waals surface area contributed by atoms with Gasteiger partial charge in [-0.3, -0.25) is 0 Å². The Morgan fingerprint density at radius 2 is 1.65 bits per heavy atom. The van der Waals surface area contributed by atoms with E-state index in [1.807, 2.05) is 50.2 Å². The van der Waals surface area contributed by atoms with Gasteiger partial charge in [0.2, 0.25) is 0 Å². The van der Waals surface area contributed by atoms with E-state index < -0.39 is 0 Å². The number of rotatable bonds is 6. The molecule has 2 N–H and O–H groups in total. The van der Waals surface area contributed by atoms with Crippen molar-refractivity contribution in [1.29, 1.82) is 0 Å². The summed E-state index contributed by atoms with van der Waals surface area (Å²) < 4.78 is 11.5. The Balaban J connectivity index is 1.50. The van der Waals surface area contributed by atoms with Gasteiger partial charge in [0, 0.05) is 11.7 Å². The van der Waals surface area contributed by atoms with Gasteiger partial charge in [0.25, 0.3) is 0 Å². The molecular weight excluding hydrogens is 288 g/mol. The second-order valence-electron chi connectivity index (χ2n) is 5.93. The topological polar surface area (TPSA) is 47.7 Å². The molecular formula is C19H24N2O2. The number of nitrogens with zero attached hydrogens (tertiary/aromatic N) is 1. The predicted molar refractivity (Wildman–Crippen MR) is 93.3 cm³/mol. The summed E-state index contributed by atoms with van der Waals surface area (Å²) in [5.74, 6) is 1.82. The number of hydrogen-bond donors (Lipinski definition) is 1. The van der Waals surface area contributed by atoms with Crippen molar-refractivity contribution < 1.29 is 9.47 Å². The highest BCUT2D eigenvalue weighted by Crippen LogP contribution is 2.26. The van der Waals surface area contributed by atoms with E-state index in [9.17, 15) is 0 Å². The first-order valence-electron chi connectivity index (χ1n) is 8.15. The maximum Gasteiger partial charge on any atom is 0.133 e. The minimum atomic E-state index is 0.0582. The Bertz CT molecular complexity index is 617. The van der Waals surface area contributed by atoms with E-state index in [1.54, 1.807) is 0 Å². The molecule has 0 radical (unpaired) electrons. The second-order valence-corrected chi connectivity index (χ2v) is 5.93. The number of nitrogens with two attached hydrogens (primary N) is 1. The highest BCUT2D eigenvalue weighted by Gasteiger charge is 2.28. The summed E-state index contributed by atoms with van der Waals surface area (Å²) in [6.45, 7) is 6.48. The first kappa shape index (κ1) is 15.7. The molecule has 0 unspecified atom stereocenters. The predicted octanol–water partition coefficient (Wildman–Crippen LogP) is 3.37. The molecule has 1 fully saturated rings. The van der Waals surface area contributed by atoms with E-state index >= 15 is 0 Å². The molecule has 0 aliphatic carbocycles. The lowest BCUT2D eigenvalue weighted by atomic mass is 10.1. The Morgan fingerprint density at radius 3 is 2.22 bits per heavy atom. The summed E-state index contributed by atoms with van der Waals surface area (Å²) >= 11 is 0. The standard InChI is InChI=1S/C19H24N2O2/c1-3-22-17-10-6-16(7-11-17)21-12-19(13-21)23-18-8-4-15(5-9-18)14(2)20/h4-11,14,19H,3,12-13,20H2,1-2H3/t14-/m0/s1. The first-order valence-corrected chi connectivity index (χ1v) is 8.15. The van der Waals surface area contributed by atoms with Crippen LogP contribution in [0.15, 0.2) is 48.5 Å². The number of benzene rings is 2. The Morgan fingerprint density at radius 1 is 1.04 bits per heavy atom. The quantitative estimate of drug-likeness (QED) is 0.888. The summed E-state index contributed by atoms with van der Waals surface area (Å²) in [4.78, 5) is 2.30. The van der Waals surface area contributed by atoms with Crippen molar-refractivity contribution >= 4 is 5.69 Å². The van der Waals surface area contributed by atoms with Crippen molar-refractivity contribution in [2.75, 3.05) is 24.6 Å². The third-order valence-electron chi connectivity index (χ3n) is 4.07. The minimum absolute atomic E-state index is 0.0582. The second kappa shape index (κ2) is 6.92. The van der Waals surface area contributed by atoms with Gasteiger partial charge >= 0.3 is 0 Å². The normalized spacial score (nSPS) is 15.9. The van der Waals surface area contributed by atoms with Gasteiger partial charge in [-0.05, 0) is 55.8 Å². The highest BCUT2D eigenvalue weighted by atomic mass is 16.5. The molecule has 0 amide bonds. The van der Waals surface area contributed by atoms with Gasteiger partial charge in [0.05, 0.1) is 19.7 Å². The Kier molecular flexibility index (Phi) is 4.72. The van der Waals surface area contributed by atoms with Crippen molar-refractivity contribution in [3.05, 3.63) is 54.1 Å². The zero-order chi connectivity index (χ0) is 16.2. The smallest absolute Gasteiger partial charge is 0.133 e. The fraction of sp³-hybridized carbons (Fsp3) is 0.368. The van der Waals surface area contributed by atoms with Crippen LogP contribution < -0.4 is 20.1 Å². The van der Waals surface area contributed by atoms with Crippen molar-refractivity contribution in [2.45, 2.75) is 26.0 Å². The zero-order valence-electron chi connectivity index (χ0n) is 13.7. The summed E-state index contributed by atoms with van der Waals surface area (Å²) in [5, 5.41) is 0. The summed E-state index contributed by atoms with van der Waals surface area (Å²) in [6, 6.07) is 16.3. The van der Waals surface area contributed by atoms with Crippen LogP contribution in [0.2, 0.25) is 0 Å². The number of anilines is 1. The van der Waals surface area contributed by atoms with Crippen molar-refractivity contribution in [2.24, 2.45) is 5.73 Å². The average molecular weight is 312 g/mol. The molecule has 2 aromatic rings. The molecule has 3 rings (SSSR count). The first-order chi connectivity index (χ1) is 11.2. The van der Waals surface area contributed by atoms with Crippen molar-refractivity contribution in [1.82, 2.24) is 0 Å². The molecule has 0 saturated carbocycles. The molecule has 1 atom stereocenters. The van der Waals surface area contributed by atoms with Gasteiger partial charge in [0.15, 0.2) is 0 Å². The van der Waals surface area contributed by atoms with Crippen LogP contribution in [0.1, 0.15) is 25.5 Å². The van der Waals surface area contributed by atoms with Crippen LogP contribution in [0.25, 0.3) is 0 Å². The Hall–Kier alpha value is -2.20. The van der Waals surface area contributed by atoms with Gasteiger partial charge in [0.1, 0.15) is 17.6 Å². The van der Waals surface area contributed by atoms with Crippen molar-refractivity contribution in [3.63, 3.8) is 0 Å². The molecule has 0 aromatic heterocycles. The average Bonchev–Trinajstić information content (AvgIpc) is 2.52. The molecule has 1 saturated heterocycles. The van der Waals surface area contributed by atoms with E-state index in [2.05, 4.69) is 17.0 Å². The molecule has 0 bridgehead atoms. The summed E-state index contributed by atoms with van der Waals surface area (Å²) in [5.41, 5.74) is 8.19. The third kappa shape index (κ3) is 3.77. The maximum atomic E-state index is 5.99. The van der Waals surface area contributed by atoms with Crippen molar-refractivity contribution in [3.8, 4) is 11.5 Å². The van der Waals surface area contributed by atoms with Crippen LogP contribution >= 0.6 is 0 Å². The molecule has 4 heteroatoms. The minimum Gasteiger partial charge on any atom is -0.494 e. The zero-order valence-corrected chi connectivity index (χ0v) is 13.7. The molecule has 122 valence electrons. The SMILES string of the molecule is CCOc1ccc(N2CC(Oc3ccc([C@H](C)N)cc3)C2)cc1. The molecule has 1 heterocycles. The van der Waals surface area contributed by atoms with Crippen LogP contribution in [0, 0.1) is 0 Å². The van der Waals surface area contributed by atoms with Gasteiger partial charge < -0.3 is 20.1 Å². The van der Waals surface area contributed by atoms with E-state index in [1.165, 1.54) is 5.69 Å². The maximum absolute atomic E-state index is 5.99. The molecule has 23 heavy (non-hydrogen) atoms. The van der Waals surface area contributed by atoms with Gasteiger partial charge in [-0.25, -0.2) is 0 Å². The fourth-order valence-electron chi connectivity index (χ4n) is 2.69. The molecule has 2 aromatic carbocycles. The van der Waals surface area contributed by atoms with Gasteiger partial charge in [-0.1, -0.05) is 12.1 Å². The molecule has 4 nitrogen and oxygen atoms in total. The molecule has 1 aliphatic rings. The summed E-state index contributed by atoms with van der Waals surface area (Å²) in [7, 11) is 0. The van der Waals surface area contributed by atoms with Crippen LogP contribution in [-0.4, -0.2) is 25.8 Å². The fourth-order valence-corrected chi connectivity index (χ4v) is 2.69. The lowest BCUT2D eigenvalue weighted by Crippen LogP contribution is -2.54. The Labute approximate surface area is 137 Å². The van der Waals surface area contributed by atoms with Crippen LogP contribution in [-0.2, 0) is 0 Å². The lowest BCUT2D eigenvalue weighted by Gasteiger charge is -2.40. The summed E-state index contributed by atoms with van der Waals surface area (Å²) in [6.07, 6.45) is 0.239. The molecule has 1 aliphatic heterocycles. The van der Waals surface area contributed by atoms with Crippen LogP contribution in [0.5, 0.6) is 11.5 Å². The number of ether oxygens (including phenoxy) is 2. The van der Waals surface area contributed by atoms with E-state index in [0.717, 1.165) is 30.2 Å². The van der Waals surface area contributed by atoms with E-state index in [4.69, 9.17) is 15.2 Å². The monoisotopic (exact) mass is 312 g/mol. The molecule has 0 spiro atoms. The van der Waals surface area contributed by atoms with E-state index in [-0.39, 0.29) is 12.1 Å². The third-order valence-corrected chi connectivity index (χ3v) is 4.07. The largest absolute Gasteiger partial charge is 0.494 e. The number of hydrogen-bond acceptors (Lipinski definition) is 4. The lowest BCUT2D eigenvalue weighted by molar-refractivity contribution is 0.167. The van der Waals surface area contributed by atoms with Gasteiger partial charge in [-0.2, -0.15) is 0 Å². The van der Waals surface area contributed by atoms with Gasteiger partial charge in [-0.15, -0.1) is 0 Å². The highest BCUT2D eigenvalue weighted by molar-refractivity contribution is 5.51. The van der Waals surface area contributed by atoms with Crippen LogP contribution in [0.4, 0.5) is 5.69 Å².